The highest BCUT2D eigenvalue weighted by Gasteiger charge is 2.08. The minimum absolute atomic E-state index is 0.00906. The number of hydrogen-bond acceptors (Lipinski definition) is 3. The molecule has 0 radical (unpaired) electrons. The van der Waals surface area contributed by atoms with Crippen LogP contribution in [0.5, 0.6) is 5.75 Å². The van der Waals surface area contributed by atoms with Gasteiger partial charge in [-0.15, -0.1) is 0 Å². The minimum atomic E-state index is -0.447. The van der Waals surface area contributed by atoms with Crippen molar-refractivity contribution in [1.82, 2.24) is 0 Å². The molecular formula is C21H14FNO2. The van der Waals surface area contributed by atoms with E-state index in [1.165, 1.54) is 12.1 Å². The van der Waals surface area contributed by atoms with Crippen molar-refractivity contribution < 1.29 is 13.9 Å². The summed E-state index contributed by atoms with van der Waals surface area (Å²) in [6.07, 6.45) is 0.00906. The molecule has 0 aromatic heterocycles. The Morgan fingerprint density at radius 3 is 2.20 bits per heavy atom. The van der Waals surface area contributed by atoms with E-state index in [4.69, 9.17) is 10.00 Å². The zero-order valence-corrected chi connectivity index (χ0v) is 13.3. The average molecular weight is 331 g/mol. The number of esters is 1. The maximum Gasteiger partial charge on any atom is 0.315 e. The van der Waals surface area contributed by atoms with Crippen molar-refractivity contribution in [2.75, 3.05) is 0 Å². The first-order valence-electron chi connectivity index (χ1n) is 7.70. The lowest BCUT2D eigenvalue weighted by molar-refractivity contribution is -0.133. The van der Waals surface area contributed by atoms with E-state index >= 15 is 0 Å². The first kappa shape index (κ1) is 16.4. The van der Waals surface area contributed by atoms with Gasteiger partial charge in [0.25, 0.3) is 0 Å². The van der Waals surface area contributed by atoms with Crippen LogP contribution in [0.3, 0.4) is 0 Å². The third-order valence-electron chi connectivity index (χ3n) is 3.67. The van der Waals surface area contributed by atoms with Gasteiger partial charge in [0.15, 0.2) is 0 Å². The molecule has 122 valence electrons. The van der Waals surface area contributed by atoms with Gasteiger partial charge in [-0.1, -0.05) is 36.4 Å². The van der Waals surface area contributed by atoms with Crippen LogP contribution in [0.4, 0.5) is 4.39 Å². The van der Waals surface area contributed by atoms with E-state index in [1.807, 2.05) is 24.3 Å². The van der Waals surface area contributed by atoms with Crippen molar-refractivity contribution in [2.45, 2.75) is 6.42 Å². The predicted molar refractivity (Wildman–Crippen MR) is 92.3 cm³/mol. The van der Waals surface area contributed by atoms with Crippen LogP contribution in [0.2, 0.25) is 0 Å². The van der Waals surface area contributed by atoms with Crippen LogP contribution in [-0.4, -0.2) is 5.97 Å². The molecule has 0 amide bonds. The van der Waals surface area contributed by atoms with E-state index in [0.717, 1.165) is 11.1 Å². The number of benzene rings is 3. The molecule has 0 N–H and O–H groups in total. The topological polar surface area (TPSA) is 50.1 Å². The number of nitrogens with zero attached hydrogens (tertiary/aromatic N) is 1. The van der Waals surface area contributed by atoms with Crippen molar-refractivity contribution in [2.24, 2.45) is 0 Å². The number of hydrogen-bond donors (Lipinski definition) is 0. The number of rotatable bonds is 4. The fourth-order valence-electron chi connectivity index (χ4n) is 2.43. The smallest absolute Gasteiger partial charge is 0.315 e. The van der Waals surface area contributed by atoms with Crippen molar-refractivity contribution in [1.29, 1.82) is 5.26 Å². The maximum absolute atomic E-state index is 13.1. The summed E-state index contributed by atoms with van der Waals surface area (Å²) in [6, 6.07) is 22.3. The SMILES string of the molecule is N#Cc1ccc(-c2ccc(OC(=O)Cc3cccc(F)c3)cc2)cc1. The molecule has 0 saturated heterocycles. The molecule has 0 spiro atoms. The molecule has 25 heavy (non-hydrogen) atoms. The fourth-order valence-corrected chi connectivity index (χ4v) is 2.43. The first-order chi connectivity index (χ1) is 12.1. The summed E-state index contributed by atoms with van der Waals surface area (Å²) in [5.74, 6) is -0.396. The molecule has 4 heteroatoms. The molecule has 0 aliphatic rings. The molecule has 3 aromatic carbocycles. The van der Waals surface area contributed by atoms with Crippen molar-refractivity contribution in [3.8, 4) is 22.9 Å². The van der Waals surface area contributed by atoms with E-state index in [0.29, 0.717) is 16.9 Å². The number of halogens is 1. The Balaban J connectivity index is 1.65. The Hall–Kier alpha value is -3.45. The van der Waals surface area contributed by atoms with Crippen LogP contribution in [0.15, 0.2) is 72.8 Å². The Kier molecular flexibility index (Phi) is 4.87. The zero-order valence-electron chi connectivity index (χ0n) is 13.3. The molecule has 0 unspecified atom stereocenters. The van der Waals surface area contributed by atoms with Gasteiger partial charge < -0.3 is 4.74 Å². The van der Waals surface area contributed by atoms with Crippen LogP contribution >= 0.6 is 0 Å². The summed E-state index contributed by atoms with van der Waals surface area (Å²) in [5.41, 5.74) is 3.09. The highest BCUT2D eigenvalue weighted by atomic mass is 19.1. The number of ether oxygens (including phenoxy) is 1. The Morgan fingerprint density at radius 1 is 0.960 bits per heavy atom. The van der Waals surface area contributed by atoms with E-state index < -0.39 is 5.97 Å². The molecule has 3 nitrogen and oxygen atoms in total. The second kappa shape index (κ2) is 7.41. The number of carbonyl (C=O) groups excluding carboxylic acids is 1. The summed E-state index contributed by atoms with van der Waals surface area (Å²) < 4.78 is 18.4. The molecular weight excluding hydrogens is 317 g/mol. The molecule has 3 aromatic rings. The summed E-state index contributed by atoms with van der Waals surface area (Å²) in [7, 11) is 0. The standard InChI is InChI=1S/C21H14FNO2/c22-19-3-1-2-16(12-19)13-21(24)25-20-10-8-18(9-11-20)17-6-4-15(14-23)5-7-17/h1-12H,13H2. The van der Waals surface area contributed by atoms with Crippen molar-refractivity contribution >= 4 is 5.97 Å². The minimum Gasteiger partial charge on any atom is -0.426 e. The third-order valence-corrected chi connectivity index (χ3v) is 3.67. The number of carbonyl (C=O) groups is 1. The molecule has 0 fully saturated rings. The molecule has 0 heterocycles. The normalized spacial score (nSPS) is 10.1. The van der Waals surface area contributed by atoms with Gasteiger partial charge in [-0.3, -0.25) is 4.79 Å². The van der Waals surface area contributed by atoms with Gasteiger partial charge in [0.2, 0.25) is 0 Å². The predicted octanol–water partition coefficient (Wildman–Crippen LogP) is 4.51. The highest BCUT2D eigenvalue weighted by molar-refractivity contribution is 5.75. The second-order valence-electron chi connectivity index (χ2n) is 5.49. The lowest BCUT2D eigenvalue weighted by Gasteiger charge is -2.06. The summed E-state index contributed by atoms with van der Waals surface area (Å²) >= 11 is 0. The van der Waals surface area contributed by atoms with Gasteiger partial charge in [-0.05, 0) is 53.1 Å². The molecule has 0 aliphatic heterocycles. The summed E-state index contributed by atoms with van der Waals surface area (Å²) in [6.45, 7) is 0. The second-order valence-corrected chi connectivity index (χ2v) is 5.49. The van der Waals surface area contributed by atoms with Gasteiger partial charge in [0, 0.05) is 0 Å². The van der Waals surface area contributed by atoms with Crippen LogP contribution < -0.4 is 4.74 Å². The summed E-state index contributed by atoms with van der Waals surface area (Å²) in [4.78, 5) is 11.9. The van der Waals surface area contributed by atoms with Gasteiger partial charge in [-0.2, -0.15) is 5.26 Å². The Bertz CT molecular complexity index is 925. The van der Waals surface area contributed by atoms with Gasteiger partial charge >= 0.3 is 5.97 Å². The highest BCUT2D eigenvalue weighted by Crippen LogP contribution is 2.23. The lowest BCUT2D eigenvalue weighted by atomic mass is 10.0. The van der Waals surface area contributed by atoms with Crippen LogP contribution in [-0.2, 0) is 11.2 Å². The summed E-state index contributed by atoms with van der Waals surface area (Å²) in [5, 5.41) is 8.82. The first-order valence-corrected chi connectivity index (χ1v) is 7.70. The lowest BCUT2D eigenvalue weighted by Crippen LogP contribution is -2.11. The monoisotopic (exact) mass is 331 g/mol. The van der Waals surface area contributed by atoms with E-state index in [-0.39, 0.29) is 12.2 Å². The van der Waals surface area contributed by atoms with Crippen LogP contribution in [0.25, 0.3) is 11.1 Å². The average Bonchev–Trinajstić information content (AvgIpc) is 2.62. The van der Waals surface area contributed by atoms with Gasteiger partial charge in [0.05, 0.1) is 18.1 Å². The number of nitriles is 1. The van der Waals surface area contributed by atoms with Gasteiger partial charge in [0.1, 0.15) is 11.6 Å². The Morgan fingerprint density at radius 2 is 1.60 bits per heavy atom. The van der Waals surface area contributed by atoms with Gasteiger partial charge in [-0.25, -0.2) is 4.39 Å². The molecule has 0 atom stereocenters. The van der Waals surface area contributed by atoms with Crippen molar-refractivity contribution in [3.05, 3.63) is 89.7 Å². The quantitative estimate of drug-likeness (QED) is 0.522. The van der Waals surface area contributed by atoms with E-state index in [2.05, 4.69) is 6.07 Å². The zero-order chi connectivity index (χ0) is 17.6. The van der Waals surface area contributed by atoms with E-state index in [9.17, 15) is 9.18 Å². The maximum atomic E-state index is 13.1. The van der Waals surface area contributed by atoms with Crippen molar-refractivity contribution in [3.63, 3.8) is 0 Å². The molecule has 0 aliphatic carbocycles. The third kappa shape index (κ3) is 4.30. The van der Waals surface area contributed by atoms with E-state index in [1.54, 1.807) is 36.4 Å². The van der Waals surface area contributed by atoms with Crippen LogP contribution in [0.1, 0.15) is 11.1 Å². The molecule has 3 rings (SSSR count). The van der Waals surface area contributed by atoms with Crippen LogP contribution in [0, 0.1) is 17.1 Å². The fraction of sp³-hybridized carbons (Fsp3) is 0.0476. The molecule has 0 saturated carbocycles. The molecule has 0 bridgehead atoms. The Labute approximate surface area is 144 Å². The largest absolute Gasteiger partial charge is 0.426 e.